The number of amides is 1. The number of piperidine rings is 1. The zero-order valence-electron chi connectivity index (χ0n) is 16.4. The summed E-state index contributed by atoms with van der Waals surface area (Å²) in [5.41, 5.74) is 3.02. The lowest BCUT2D eigenvalue weighted by Gasteiger charge is -2.25. The van der Waals surface area contributed by atoms with Crippen molar-refractivity contribution in [3.05, 3.63) is 46.5 Å². The molecule has 6 nitrogen and oxygen atoms in total. The molecule has 2 aliphatic rings. The Morgan fingerprint density at radius 1 is 0.926 bits per heavy atom. The number of benzene rings is 1. The molecule has 6 heteroatoms. The fraction of sp³-hybridized carbons (Fsp3) is 0.571. The van der Waals surface area contributed by atoms with Gasteiger partial charge in [0.05, 0.1) is 13.1 Å². The van der Waals surface area contributed by atoms with Crippen molar-refractivity contribution in [3.63, 3.8) is 0 Å². The molecule has 0 atom stereocenters. The van der Waals surface area contributed by atoms with Crippen molar-refractivity contribution in [2.75, 3.05) is 19.6 Å². The average Bonchev–Trinajstić information content (AvgIpc) is 2.89. The van der Waals surface area contributed by atoms with Gasteiger partial charge in [-0.25, -0.2) is 0 Å². The van der Waals surface area contributed by atoms with E-state index in [1.165, 1.54) is 19.3 Å². The Morgan fingerprint density at radius 2 is 1.67 bits per heavy atom. The Bertz CT molecular complexity index is 802. The van der Waals surface area contributed by atoms with Gasteiger partial charge in [0.15, 0.2) is 5.82 Å². The third-order valence-corrected chi connectivity index (χ3v) is 5.62. The maximum Gasteiger partial charge on any atom is 0.254 e. The Hall–Kier alpha value is -2.21. The van der Waals surface area contributed by atoms with Crippen LogP contribution >= 0.6 is 0 Å². The molecule has 2 aliphatic heterocycles. The van der Waals surface area contributed by atoms with E-state index in [1.807, 2.05) is 30.9 Å². The fourth-order valence-corrected chi connectivity index (χ4v) is 4.31. The predicted molar refractivity (Wildman–Crippen MR) is 104 cm³/mol. The van der Waals surface area contributed by atoms with Gasteiger partial charge in [-0.1, -0.05) is 23.6 Å². The maximum absolute atomic E-state index is 13.1. The summed E-state index contributed by atoms with van der Waals surface area (Å²) >= 11 is 0. The van der Waals surface area contributed by atoms with Gasteiger partial charge < -0.3 is 9.47 Å². The van der Waals surface area contributed by atoms with E-state index in [0.29, 0.717) is 6.54 Å². The van der Waals surface area contributed by atoms with Crippen LogP contribution in [0, 0.1) is 13.8 Å². The van der Waals surface area contributed by atoms with Gasteiger partial charge in [0.1, 0.15) is 5.82 Å². The Kier molecular flexibility index (Phi) is 5.25. The van der Waals surface area contributed by atoms with Gasteiger partial charge in [-0.15, -0.1) is 10.2 Å². The average molecular weight is 367 g/mol. The van der Waals surface area contributed by atoms with E-state index in [2.05, 4.69) is 25.7 Å². The Labute approximate surface area is 161 Å². The van der Waals surface area contributed by atoms with Gasteiger partial charge in [-0.3, -0.25) is 9.69 Å². The van der Waals surface area contributed by atoms with Crippen molar-refractivity contribution in [2.24, 2.45) is 0 Å². The molecule has 0 bridgehead atoms. The Morgan fingerprint density at radius 3 is 2.41 bits per heavy atom. The van der Waals surface area contributed by atoms with E-state index in [1.54, 1.807) is 0 Å². The van der Waals surface area contributed by atoms with Crippen LogP contribution in [-0.4, -0.2) is 50.1 Å². The molecule has 0 saturated carbocycles. The summed E-state index contributed by atoms with van der Waals surface area (Å²) in [5.74, 6) is 2.06. The highest BCUT2D eigenvalue weighted by Gasteiger charge is 2.24. The van der Waals surface area contributed by atoms with Crippen molar-refractivity contribution in [1.82, 2.24) is 24.6 Å². The van der Waals surface area contributed by atoms with E-state index >= 15 is 0 Å². The van der Waals surface area contributed by atoms with E-state index in [0.717, 1.165) is 67.5 Å². The number of nitrogens with zero attached hydrogens (tertiary/aromatic N) is 5. The highest BCUT2D eigenvalue weighted by Crippen LogP contribution is 2.19. The summed E-state index contributed by atoms with van der Waals surface area (Å²) in [6.45, 7) is 9.45. The fourth-order valence-electron chi connectivity index (χ4n) is 4.31. The van der Waals surface area contributed by atoms with Crippen LogP contribution in [0.2, 0.25) is 0 Å². The zero-order chi connectivity index (χ0) is 18.8. The summed E-state index contributed by atoms with van der Waals surface area (Å²) < 4.78 is 2.24. The van der Waals surface area contributed by atoms with Crippen molar-refractivity contribution in [1.29, 1.82) is 0 Å². The molecule has 4 rings (SSSR count). The van der Waals surface area contributed by atoms with Gasteiger partial charge in [0.2, 0.25) is 0 Å². The quantitative estimate of drug-likeness (QED) is 0.837. The van der Waals surface area contributed by atoms with E-state index < -0.39 is 0 Å². The predicted octanol–water partition coefficient (Wildman–Crippen LogP) is 2.93. The molecule has 0 aliphatic carbocycles. The van der Waals surface area contributed by atoms with Crippen LogP contribution in [0.15, 0.2) is 18.2 Å². The van der Waals surface area contributed by atoms with Crippen molar-refractivity contribution >= 4 is 5.91 Å². The second kappa shape index (κ2) is 7.80. The number of fused-ring (bicyclic) bond motifs is 1. The summed E-state index contributed by atoms with van der Waals surface area (Å²) in [6.07, 6.45) is 4.83. The molecule has 0 spiro atoms. The number of aryl methyl sites for hydroxylation is 2. The number of rotatable bonds is 3. The smallest absolute Gasteiger partial charge is 0.254 e. The summed E-state index contributed by atoms with van der Waals surface area (Å²) in [7, 11) is 0. The van der Waals surface area contributed by atoms with Crippen LogP contribution in [0.25, 0.3) is 0 Å². The SMILES string of the molecule is Cc1cc(C)cc(C(=O)N2CCCn3c(CN4CCCCC4)nnc3C2)c1. The van der Waals surface area contributed by atoms with Gasteiger partial charge in [0.25, 0.3) is 5.91 Å². The normalized spacial score (nSPS) is 18.2. The van der Waals surface area contributed by atoms with Gasteiger partial charge >= 0.3 is 0 Å². The van der Waals surface area contributed by atoms with Crippen LogP contribution in [0.3, 0.4) is 0 Å². The molecule has 2 aromatic rings. The number of likely N-dealkylation sites (tertiary alicyclic amines) is 1. The molecule has 1 aromatic carbocycles. The molecule has 144 valence electrons. The first-order valence-electron chi connectivity index (χ1n) is 10.1. The van der Waals surface area contributed by atoms with Crippen LogP contribution < -0.4 is 0 Å². The number of hydrogen-bond acceptors (Lipinski definition) is 4. The third-order valence-electron chi connectivity index (χ3n) is 5.62. The van der Waals surface area contributed by atoms with Crippen LogP contribution in [0.1, 0.15) is 58.8 Å². The molecular formula is C21H29N5O. The Balaban J connectivity index is 1.50. The lowest BCUT2D eigenvalue weighted by molar-refractivity contribution is 0.0743. The van der Waals surface area contributed by atoms with Crippen LogP contribution in [0.4, 0.5) is 0 Å². The lowest BCUT2D eigenvalue weighted by atomic mass is 10.1. The molecule has 1 amide bonds. The number of hydrogen-bond donors (Lipinski definition) is 0. The topological polar surface area (TPSA) is 54.3 Å². The van der Waals surface area contributed by atoms with Crippen LogP contribution in [0.5, 0.6) is 0 Å². The first-order chi connectivity index (χ1) is 13.1. The van der Waals surface area contributed by atoms with Gasteiger partial charge in [-0.05, 0) is 58.3 Å². The molecule has 1 saturated heterocycles. The summed E-state index contributed by atoms with van der Waals surface area (Å²) in [4.78, 5) is 17.5. The monoisotopic (exact) mass is 367 g/mol. The molecule has 0 N–H and O–H groups in total. The first-order valence-corrected chi connectivity index (χ1v) is 10.1. The highest BCUT2D eigenvalue weighted by molar-refractivity contribution is 5.94. The minimum Gasteiger partial charge on any atom is -0.331 e. The maximum atomic E-state index is 13.1. The molecule has 0 radical (unpaired) electrons. The molecule has 1 aromatic heterocycles. The standard InChI is InChI=1S/C21H29N5O/c1-16-11-17(2)13-18(12-16)21(27)25-9-6-10-26-19(22-23-20(26)15-25)14-24-7-4-3-5-8-24/h11-13H,3-10,14-15H2,1-2H3. The minimum absolute atomic E-state index is 0.0934. The number of carbonyl (C=O) groups excluding carboxylic acids is 1. The molecular weight excluding hydrogens is 338 g/mol. The summed E-state index contributed by atoms with van der Waals surface area (Å²) in [5, 5.41) is 8.90. The molecule has 3 heterocycles. The van der Waals surface area contributed by atoms with Crippen molar-refractivity contribution in [2.45, 2.75) is 59.2 Å². The molecule has 27 heavy (non-hydrogen) atoms. The second-order valence-electron chi connectivity index (χ2n) is 7.98. The molecule has 0 unspecified atom stereocenters. The molecule has 1 fully saturated rings. The van der Waals surface area contributed by atoms with Crippen LogP contribution in [-0.2, 0) is 19.6 Å². The van der Waals surface area contributed by atoms with Gasteiger partial charge in [-0.2, -0.15) is 0 Å². The lowest BCUT2D eigenvalue weighted by Crippen LogP contribution is -2.31. The second-order valence-corrected chi connectivity index (χ2v) is 7.98. The minimum atomic E-state index is 0.0934. The van der Waals surface area contributed by atoms with Gasteiger partial charge in [0, 0.05) is 18.7 Å². The van der Waals surface area contributed by atoms with Crippen molar-refractivity contribution < 1.29 is 4.79 Å². The third kappa shape index (κ3) is 4.05. The van der Waals surface area contributed by atoms with E-state index in [-0.39, 0.29) is 5.91 Å². The van der Waals surface area contributed by atoms with Crippen molar-refractivity contribution in [3.8, 4) is 0 Å². The summed E-state index contributed by atoms with van der Waals surface area (Å²) in [6, 6.07) is 6.06. The first kappa shape index (κ1) is 18.2. The number of aromatic nitrogens is 3. The largest absolute Gasteiger partial charge is 0.331 e. The van der Waals surface area contributed by atoms with E-state index in [9.17, 15) is 4.79 Å². The zero-order valence-corrected chi connectivity index (χ0v) is 16.4. The highest BCUT2D eigenvalue weighted by atomic mass is 16.2. The van der Waals surface area contributed by atoms with E-state index in [4.69, 9.17) is 0 Å². The number of carbonyl (C=O) groups is 1.